The van der Waals surface area contributed by atoms with Gasteiger partial charge in [-0.25, -0.2) is 0 Å². The number of carbonyl (C=O) groups is 1. The fourth-order valence-corrected chi connectivity index (χ4v) is 1.53. The van der Waals surface area contributed by atoms with E-state index < -0.39 is 0 Å². The van der Waals surface area contributed by atoms with Gasteiger partial charge in [0.25, 0.3) is 0 Å². The zero-order chi connectivity index (χ0) is 10.4. The Morgan fingerprint density at radius 1 is 1.50 bits per heavy atom. The van der Waals surface area contributed by atoms with Crippen LogP contribution in [-0.2, 0) is 4.79 Å². The molecular weight excluding hydrogens is 196 g/mol. The number of likely N-dealkylation sites (N-methyl/N-ethyl adjacent to an activating group) is 1. The van der Waals surface area contributed by atoms with Crippen LogP contribution in [0.5, 0.6) is 0 Å². The van der Waals surface area contributed by atoms with Crippen LogP contribution in [0.4, 0.5) is 5.69 Å². The van der Waals surface area contributed by atoms with Gasteiger partial charge in [0.15, 0.2) is 0 Å². The molecule has 1 amide bonds. The maximum Gasteiger partial charge on any atom is 0.238 e. The average Bonchev–Trinajstić information content (AvgIpc) is 2.18. The van der Waals surface area contributed by atoms with Crippen molar-refractivity contribution in [2.24, 2.45) is 0 Å². The summed E-state index contributed by atoms with van der Waals surface area (Å²) in [5, 5.41) is 5.60. The molecule has 1 aromatic carbocycles. The van der Waals surface area contributed by atoms with Crippen LogP contribution in [0.1, 0.15) is 0 Å². The van der Waals surface area contributed by atoms with Gasteiger partial charge < -0.3 is 10.6 Å². The summed E-state index contributed by atoms with van der Waals surface area (Å²) in [6.45, 7) is 0.337. The number of hydrogen-bond acceptors (Lipinski definition) is 3. The van der Waals surface area contributed by atoms with Gasteiger partial charge in [-0.3, -0.25) is 4.79 Å². The van der Waals surface area contributed by atoms with Crippen molar-refractivity contribution >= 4 is 23.4 Å². The molecule has 0 fully saturated rings. The molecule has 1 aromatic rings. The molecule has 2 N–H and O–H groups in total. The minimum Gasteiger partial charge on any atom is -0.325 e. The monoisotopic (exact) mass is 210 g/mol. The van der Waals surface area contributed by atoms with E-state index in [1.807, 2.05) is 30.5 Å². The van der Waals surface area contributed by atoms with E-state index >= 15 is 0 Å². The van der Waals surface area contributed by atoms with Crippen molar-refractivity contribution in [2.75, 3.05) is 25.2 Å². The van der Waals surface area contributed by atoms with E-state index in [4.69, 9.17) is 0 Å². The number of hydrogen-bond donors (Lipinski definition) is 2. The molecule has 3 nitrogen and oxygen atoms in total. The van der Waals surface area contributed by atoms with Crippen molar-refractivity contribution in [3.8, 4) is 0 Å². The van der Waals surface area contributed by atoms with Gasteiger partial charge in [0.05, 0.1) is 6.54 Å². The summed E-state index contributed by atoms with van der Waals surface area (Å²) in [5.74, 6) is -0.0225. The Bertz CT molecular complexity index is 315. The highest BCUT2D eigenvalue weighted by atomic mass is 32.2. The van der Waals surface area contributed by atoms with Crippen molar-refractivity contribution in [1.29, 1.82) is 0 Å². The molecule has 0 saturated heterocycles. The third-order valence-electron chi connectivity index (χ3n) is 1.69. The first-order valence-corrected chi connectivity index (χ1v) is 5.57. The molecule has 1 rings (SSSR count). The number of rotatable bonds is 4. The number of amides is 1. The van der Waals surface area contributed by atoms with Gasteiger partial charge in [0.2, 0.25) is 5.91 Å². The van der Waals surface area contributed by atoms with Crippen molar-refractivity contribution < 1.29 is 4.79 Å². The van der Waals surface area contributed by atoms with Crippen LogP contribution in [-0.4, -0.2) is 25.8 Å². The lowest BCUT2D eigenvalue weighted by Crippen LogP contribution is -2.24. The highest BCUT2D eigenvalue weighted by molar-refractivity contribution is 7.98. The molecule has 0 aliphatic rings. The predicted molar refractivity (Wildman–Crippen MR) is 60.8 cm³/mol. The Morgan fingerprint density at radius 3 is 2.93 bits per heavy atom. The topological polar surface area (TPSA) is 41.1 Å². The maximum absolute atomic E-state index is 11.2. The van der Waals surface area contributed by atoms with Gasteiger partial charge in [-0.15, -0.1) is 11.8 Å². The smallest absolute Gasteiger partial charge is 0.238 e. The quantitative estimate of drug-likeness (QED) is 0.741. The van der Waals surface area contributed by atoms with Gasteiger partial charge in [-0.2, -0.15) is 0 Å². The summed E-state index contributed by atoms with van der Waals surface area (Å²) in [6, 6.07) is 7.78. The van der Waals surface area contributed by atoms with Crippen LogP contribution in [0.2, 0.25) is 0 Å². The Kier molecular flexibility index (Phi) is 4.49. The van der Waals surface area contributed by atoms with Gasteiger partial charge in [0.1, 0.15) is 0 Å². The molecule has 0 bridgehead atoms. The minimum absolute atomic E-state index is 0.0225. The average molecular weight is 210 g/mol. The van der Waals surface area contributed by atoms with E-state index in [1.165, 1.54) is 0 Å². The van der Waals surface area contributed by atoms with Crippen LogP contribution in [0.25, 0.3) is 0 Å². The van der Waals surface area contributed by atoms with Crippen LogP contribution in [0.3, 0.4) is 0 Å². The van der Waals surface area contributed by atoms with Crippen LogP contribution in [0.15, 0.2) is 29.2 Å². The molecule has 76 valence electrons. The molecule has 0 aliphatic heterocycles. The summed E-state index contributed by atoms with van der Waals surface area (Å²) in [4.78, 5) is 12.4. The van der Waals surface area contributed by atoms with E-state index in [0.29, 0.717) is 6.54 Å². The van der Waals surface area contributed by atoms with Crippen LogP contribution >= 0.6 is 11.8 Å². The first-order chi connectivity index (χ1) is 6.76. The molecule has 0 spiro atoms. The van der Waals surface area contributed by atoms with Gasteiger partial charge in [0, 0.05) is 10.6 Å². The SMILES string of the molecule is CNCC(=O)Nc1cccc(SC)c1. The summed E-state index contributed by atoms with van der Waals surface area (Å²) < 4.78 is 0. The van der Waals surface area contributed by atoms with Gasteiger partial charge in [-0.1, -0.05) is 6.07 Å². The summed E-state index contributed by atoms with van der Waals surface area (Å²) in [6.07, 6.45) is 2.01. The lowest BCUT2D eigenvalue weighted by molar-refractivity contribution is -0.115. The lowest BCUT2D eigenvalue weighted by atomic mass is 10.3. The standard InChI is InChI=1S/C10H14N2OS/c1-11-7-10(13)12-8-4-3-5-9(6-8)14-2/h3-6,11H,7H2,1-2H3,(H,12,13). The number of thioether (sulfide) groups is 1. The van der Waals surface area contributed by atoms with Gasteiger partial charge >= 0.3 is 0 Å². The molecular formula is C10H14N2OS. The third kappa shape index (κ3) is 3.40. The molecule has 0 aliphatic carbocycles. The first kappa shape index (κ1) is 11.1. The molecule has 0 unspecified atom stereocenters. The van der Waals surface area contributed by atoms with Gasteiger partial charge in [-0.05, 0) is 31.5 Å². The largest absolute Gasteiger partial charge is 0.325 e. The lowest BCUT2D eigenvalue weighted by Gasteiger charge is -2.05. The van der Waals surface area contributed by atoms with E-state index in [0.717, 1.165) is 10.6 Å². The van der Waals surface area contributed by atoms with E-state index in [-0.39, 0.29) is 5.91 Å². The van der Waals surface area contributed by atoms with Crippen molar-refractivity contribution in [1.82, 2.24) is 5.32 Å². The predicted octanol–water partition coefficient (Wildman–Crippen LogP) is 1.57. The second-order valence-corrected chi connectivity index (χ2v) is 3.69. The number of anilines is 1. The van der Waals surface area contributed by atoms with Crippen molar-refractivity contribution in [2.45, 2.75) is 4.90 Å². The second-order valence-electron chi connectivity index (χ2n) is 2.81. The minimum atomic E-state index is -0.0225. The normalized spacial score (nSPS) is 9.86. The Hall–Kier alpha value is -1.00. The van der Waals surface area contributed by atoms with Crippen molar-refractivity contribution in [3.05, 3.63) is 24.3 Å². The van der Waals surface area contributed by atoms with E-state index in [1.54, 1.807) is 18.8 Å². The highest BCUT2D eigenvalue weighted by Crippen LogP contribution is 2.18. The number of benzene rings is 1. The zero-order valence-corrected chi connectivity index (χ0v) is 9.15. The fraction of sp³-hybridized carbons (Fsp3) is 0.300. The number of nitrogens with one attached hydrogen (secondary N) is 2. The third-order valence-corrected chi connectivity index (χ3v) is 2.42. The number of carbonyl (C=O) groups excluding carboxylic acids is 1. The second kappa shape index (κ2) is 5.67. The molecule has 0 atom stereocenters. The van der Waals surface area contributed by atoms with Crippen LogP contribution < -0.4 is 10.6 Å². The Labute approximate surface area is 88.3 Å². The first-order valence-electron chi connectivity index (χ1n) is 4.34. The fourth-order valence-electron chi connectivity index (χ4n) is 1.07. The van der Waals surface area contributed by atoms with E-state index in [2.05, 4.69) is 10.6 Å². The summed E-state index contributed by atoms with van der Waals surface area (Å²) in [5.41, 5.74) is 0.845. The maximum atomic E-state index is 11.2. The Morgan fingerprint density at radius 2 is 2.29 bits per heavy atom. The molecule has 4 heteroatoms. The Balaban J connectivity index is 2.62. The molecule has 0 saturated carbocycles. The molecule has 0 radical (unpaired) electrons. The highest BCUT2D eigenvalue weighted by Gasteiger charge is 2.00. The summed E-state index contributed by atoms with van der Waals surface area (Å²) >= 11 is 1.66. The van der Waals surface area contributed by atoms with Crippen molar-refractivity contribution in [3.63, 3.8) is 0 Å². The summed E-state index contributed by atoms with van der Waals surface area (Å²) in [7, 11) is 1.75. The van der Waals surface area contributed by atoms with E-state index in [9.17, 15) is 4.79 Å². The molecule has 0 heterocycles. The molecule has 0 aromatic heterocycles. The van der Waals surface area contributed by atoms with Crippen LogP contribution in [0, 0.1) is 0 Å². The molecule has 14 heavy (non-hydrogen) atoms. The zero-order valence-electron chi connectivity index (χ0n) is 8.33.